The first-order chi connectivity index (χ1) is 11.5. The zero-order chi connectivity index (χ0) is 16.7. The molecule has 1 aliphatic rings. The van der Waals surface area contributed by atoms with Gasteiger partial charge >= 0.3 is 6.18 Å². The number of rotatable bonds is 3. The Hall–Kier alpha value is -2.69. The highest BCUT2D eigenvalue weighted by molar-refractivity contribution is 5.45. The van der Waals surface area contributed by atoms with Crippen LogP contribution in [-0.4, -0.2) is 36.5 Å². The second kappa shape index (κ2) is 5.44. The molecule has 4 rings (SSSR count). The molecule has 8 nitrogen and oxygen atoms in total. The maximum atomic E-state index is 13.1. The van der Waals surface area contributed by atoms with Crippen LogP contribution >= 0.6 is 0 Å². The number of alkyl halides is 3. The summed E-state index contributed by atoms with van der Waals surface area (Å²) in [6.07, 6.45) is -1.21. The Balaban J connectivity index is 1.66. The minimum absolute atomic E-state index is 0.0421. The first-order valence-corrected chi connectivity index (χ1v) is 7.07. The van der Waals surface area contributed by atoms with Gasteiger partial charge in [0.15, 0.2) is 5.69 Å². The van der Waals surface area contributed by atoms with Gasteiger partial charge in [-0.05, 0) is 0 Å². The molecule has 0 saturated carbocycles. The number of nitrogens with one attached hydrogen (secondary N) is 1. The summed E-state index contributed by atoms with van der Waals surface area (Å²) >= 11 is 0. The van der Waals surface area contributed by atoms with Gasteiger partial charge in [0.2, 0.25) is 11.7 Å². The Labute approximate surface area is 132 Å². The van der Waals surface area contributed by atoms with E-state index in [-0.39, 0.29) is 30.4 Å². The fourth-order valence-electron chi connectivity index (χ4n) is 2.60. The van der Waals surface area contributed by atoms with Gasteiger partial charge in [-0.1, -0.05) is 5.16 Å². The van der Waals surface area contributed by atoms with Crippen LogP contribution in [0.3, 0.4) is 0 Å². The summed E-state index contributed by atoms with van der Waals surface area (Å²) in [5.74, 6) is 0.438. The summed E-state index contributed by atoms with van der Waals surface area (Å²) in [6.45, 7) is 0.201. The fraction of sp³-hybridized carbons (Fsp3) is 0.385. The number of hydrogen-bond acceptors (Lipinski definition) is 6. The fourth-order valence-corrected chi connectivity index (χ4v) is 2.60. The van der Waals surface area contributed by atoms with Crippen molar-refractivity contribution in [1.29, 1.82) is 0 Å². The molecule has 0 unspecified atom stereocenters. The normalized spacial score (nSPS) is 14.8. The summed E-state index contributed by atoms with van der Waals surface area (Å²) < 4.78 is 50.9. The van der Waals surface area contributed by atoms with Crippen molar-refractivity contribution in [3.05, 3.63) is 35.4 Å². The largest absolute Gasteiger partial charge is 0.435 e. The van der Waals surface area contributed by atoms with Crippen molar-refractivity contribution >= 4 is 0 Å². The van der Waals surface area contributed by atoms with Crippen LogP contribution in [0, 0.1) is 0 Å². The topological polar surface area (TPSA) is 94.7 Å². The second-order valence-corrected chi connectivity index (χ2v) is 5.21. The van der Waals surface area contributed by atoms with Crippen LogP contribution < -0.4 is 0 Å². The van der Waals surface area contributed by atoms with Gasteiger partial charge in [0, 0.05) is 17.7 Å². The molecule has 0 spiro atoms. The van der Waals surface area contributed by atoms with E-state index >= 15 is 0 Å². The van der Waals surface area contributed by atoms with Crippen molar-refractivity contribution in [3.8, 4) is 11.5 Å². The summed E-state index contributed by atoms with van der Waals surface area (Å²) in [5.41, 5.74) is 0.180. The van der Waals surface area contributed by atoms with Crippen molar-refractivity contribution < 1.29 is 22.4 Å². The molecule has 24 heavy (non-hydrogen) atoms. The Kier molecular flexibility index (Phi) is 3.37. The predicted molar refractivity (Wildman–Crippen MR) is 71.6 cm³/mol. The molecular formula is C13H11F3N6O2. The molecule has 11 heteroatoms. The van der Waals surface area contributed by atoms with Crippen LogP contribution in [0.4, 0.5) is 13.2 Å². The number of halogens is 3. The summed E-state index contributed by atoms with van der Waals surface area (Å²) in [4.78, 5) is 10.8. The number of aromatic nitrogens is 6. The van der Waals surface area contributed by atoms with Gasteiger partial charge < -0.3 is 14.2 Å². The minimum Gasteiger partial charge on any atom is -0.376 e. The van der Waals surface area contributed by atoms with Crippen LogP contribution in [0.2, 0.25) is 0 Å². The van der Waals surface area contributed by atoms with E-state index in [4.69, 9.17) is 9.26 Å². The third-order valence-corrected chi connectivity index (χ3v) is 3.66. The van der Waals surface area contributed by atoms with E-state index in [0.29, 0.717) is 24.4 Å². The predicted octanol–water partition coefficient (Wildman–Crippen LogP) is 1.80. The van der Waals surface area contributed by atoms with Gasteiger partial charge in [-0.15, -0.1) is 0 Å². The van der Waals surface area contributed by atoms with Gasteiger partial charge in [-0.25, -0.2) is 4.98 Å². The van der Waals surface area contributed by atoms with Crippen molar-refractivity contribution in [2.75, 3.05) is 6.61 Å². The molecular weight excluding hydrogens is 329 g/mol. The lowest BCUT2D eigenvalue weighted by Gasteiger charge is -2.14. The average molecular weight is 340 g/mol. The van der Waals surface area contributed by atoms with Gasteiger partial charge in [-0.3, -0.25) is 4.68 Å². The summed E-state index contributed by atoms with van der Waals surface area (Å²) in [5, 5.41) is 7.47. The molecule has 4 heterocycles. The molecule has 0 aromatic carbocycles. The van der Waals surface area contributed by atoms with Crippen LogP contribution in [0.25, 0.3) is 11.5 Å². The molecule has 0 fully saturated rings. The lowest BCUT2D eigenvalue weighted by molar-refractivity contribution is -0.142. The molecule has 126 valence electrons. The quantitative estimate of drug-likeness (QED) is 0.781. The highest BCUT2D eigenvalue weighted by Gasteiger charge is 2.40. The Morgan fingerprint density at radius 2 is 2.21 bits per heavy atom. The number of ether oxygens (including phenoxy) is 1. The zero-order valence-corrected chi connectivity index (χ0v) is 12.2. The Morgan fingerprint density at radius 3 is 2.96 bits per heavy atom. The molecule has 0 saturated heterocycles. The molecule has 0 radical (unpaired) electrons. The first kappa shape index (κ1) is 14.9. The lowest BCUT2D eigenvalue weighted by atomic mass is 10.1. The maximum Gasteiger partial charge on any atom is 0.435 e. The first-order valence-electron chi connectivity index (χ1n) is 7.07. The smallest absolute Gasteiger partial charge is 0.376 e. The van der Waals surface area contributed by atoms with Gasteiger partial charge in [0.05, 0.1) is 25.7 Å². The van der Waals surface area contributed by atoms with Gasteiger partial charge in [0.25, 0.3) is 0 Å². The summed E-state index contributed by atoms with van der Waals surface area (Å²) in [7, 11) is 0. The number of imidazole rings is 1. The van der Waals surface area contributed by atoms with Crippen molar-refractivity contribution in [1.82, 2.24) is 29.9 Å². The molecule has 0 atom stereocenters. The maximum absolute atomic E-state index is 13.1. The molecule has 0 aliphatic carbocycles. The van der Waals surface area contributed by atoms with Gasteiger partial charge in [-0.2, -0.15) is 23.3 Å². The molecule has 1 N–H and O–H groups in total. The van der Waals surface area contributed by atoms with E-state index in [9.17, 15) is 13.2 Å². The van der Waals surface area contributed by atoms with Crippen LogP contribution in [0.1, 0.15) is 22.8 Å². The van der Waals surface area contributed by atoms with Crippen molar-refractivity contribution in [2.24, 2.45) is 0 Å². The number of fused-ring (bicyclic) bond motifs is 1. The molecule has 3 aromatic heterocycles. The van der Waals surface area contributed by atoms with E-state index in [2.05, 4.69) is 25.2 Å². The molecule has 0 bridgehead atoms. The van der Waals surface area contributed by atoms with Crippen LogP contribution in [-0.2, 0) is 30.5 Å². The second-order valence-electron chi connectivity index (χ2n) is 5.21. The number of H-pyrrole nitrogens is 1. The molecule has 0 amide bonds. The standard InChI is InChI=1S/C13H11F3N6O2/c14-13(15,16)11-7-5-23-2-1-9(7)22(20-11)4-10-19-12(21-24-10)8-3-17-6-18-8/h3,6H,1-2,4-5H2,(H,17,18). The van der Waals surface area contributed by atoms with E-state index in [1.165, 1.54) is 17.2 Å². The number of hydrogen-bond donors (Lipinski definition) is 1. The molecule has 3 aromatic rings. The van der Waals surface area contributed by atoms with E-state index in [0.717, 1.165) is 0 Å². The Bertz CT molecular complexity index is 852. The van der Waals surface area contributed by atoms with Crippen molar-refractivity contribution in [2.45, 2.75) is 25.7 Å². The zero-order valence-electron chi connectivity index (χ0n) is 12.2. The minimum atomic E-state index is -4.54. The SMILES string of the molecule is FC(F)(F)c1nn(Cc2nc(-c3cnc[nH]3)no2)c2c1COCC2. The average Bonchev–Trinajstić information content (AvgIpc) is 3.26. The highest BCUT2D eigenvalue weighted by atomic mass is 19.4. The highest BCUT2D eigenvalue weighted by Crippen LogP contribution is 2.34. The van der Waals surface area contributed by atoms with E-state index in [1.54, 1.807) is 0 Å². The van der Waals surface area contributed by atoms with Crippen molar-refractivity contribution in [3.63, 3.8) is 0 Å². The lowest BCUT2D eigenvalue weighted by Crippen LogP contribution is -2.15. The number of aromatic amines is 1. The van der Waals surface area contributed by atoms with Crippen LogP contribution in [0.5, 0.6) is 0 Å². The monoisotopic (exact) mass is 340 g/mol. The van der Waals surface area contributed by atoms with Crippen LogP contribution in [0.15, 0.2) is 17.0 Å². The third kappa shape index (κ3) is 2.56. The third-order valence-electron chi connectivity index (χ3n) is 3.66. The van der Waals surface area contributed by atoms with E-state index in [1.807, 2.05) is 0 Å². The summed E-state index contributed by atoms with van der Waals surface area (Å²) in [6, 6.07) is 0. The molecule has 1 aliphatic heterocycles. The Morgan fingerprint density at radius 1 is 1.33 bits per heavy atom. The van der Waals surface area contributed by atoms with Gasteiger partial charge in [0.1, 0.15) is 12.2 Å². The number of nitrogens with zero attached hydrogens (tertiary/aromatic N) is 5. The van der Waals surface area contributed by atoms with E-state index < -0.39 is 11.9 Å².